The second-order valence-corrected chi connectivity index (χ2v) is 12.9. The molecule has 1 atom stereocenters. The van der Waals surface area contributed by atoms with Gasteiger partial charge >= 0.3 is 17.9 Å². The van der Waals surface area contributed by atoms with Gasteiger partial charge in [-0.1, -0.05) is 18.3 Å². The van der Waals surface area contributed by atoms with Gasteiger partial charge in [0.2, 0.25) is 5.91 Å². The molecule has 2 aromatic heterocycles. The molecule has 0 aliphatic heterocycles. The molecule has 1 aliphatic rings. The van der Waals surface area contributed by atoms with Crippen LogP contribution in [0, 0.1) is 5.92 Å². The fourth-order valence-corrected chi connectivity index (χ4v) is 7.78. The maximum atomic E-state index is 12.8. The van der Waals surface area contributed by atoms with Crippen LogP contribution < -0.4 is 10.1 Å². The zero-order chi connectivity index (χ0) is 31.1. The van der Waals surface area contributed by atoms with Crippen LogP contribution in [0.2, 0.25) is 0 Å². The smallest absolute Gasteiger partial charge is 0.341 e. The second-order valence-electron chi connectivity index (χ2n) is 9.77. The number of thiophene rings is 1. The first-order valence-electron chi connectivity index (χ1n) is 13.8. The van der Waals surface area contributed by atoms with Gasteiger partial charge in [-0.25, -0.2) is 9.59 Å². The minimum atomic E-state index is -0.497. The number of rotatable bonds is 11. The van der Waals surface area contributed by atoms with Crippen LogP contribution in [0.4, 0.5) is 5.00 Å². The summed E-state index contributed by atoms with van der Waals surface area (Å²) in [5, 5.41) is 3.30. The van der Waals surface area contributed by atoms with E-state index in [0.29, 0.717) is 32.3 Å². The molecule has 43 heavy (non-hydrogen) atoms. The van der Waals surface area contributed by atoms with Crippen molar-refractivity contribution in [2.45, 2.75) is 46.6 Å². The predicted molar refractivity (Wildman–Crippen MR) is 166 cm³/mol. The number of benzene rings is 1. The van der Waals surface area contributed by atoms with Crippen molar-refractivity contribution < 1.29 is 38.2 Å². The minimum Gasteiger partial charge on any atom is -0.465 e. The van der Waals surface area contributed by atoms with Gasteiger partial charge in [0, 0.05) is 4.88 Å². The van der Waals surface area contributed by atoms with E-state index < -0.39 is 23.8 Å². The maximum Gasteiger partial charge on any atom is 0.341 e. The Labute approximate surface area is 260 Å². The van der Waals surface area contributed by atoms with Crippen LogP contribution >= 0.6 is 34.4 Å². The molecular weight excluding hydrogens is 615 g/mol. The number of fused-ring (bicyclic) bond motifs is 2. The van der Waals surface area contributed by atoms with E-state index in [9.17, 15) is 24.0 Å². The number of hydrogen-bond donors (Lipinski definition) is 1. The highest BCUT2D eigenvalue weighted by atomic mass is 32.2. The second kappa shape index (κ2) is 14.8. The molecule has 14 heteroatoms. The Kier molecular flexibility index (Phi) is 11.2. The van der Waals surface area contributed by atoms with E-state index in [1.165, 1.54) is 18.4 Å². The fraction of sp³-hybridized carbons (Fsp3) is 0.448. The lowest BCUT2D eigenvalue weighted by Crippen LogP contribution is -2.23. The average Bonchev–Trinajstić information content (AvgIpc) is 3.48. The number of methoxy groups -OCH3 is 1. The van der Waals surface area contributed by atoms with Crippen LogP contribution in [0.5, 0.6) is 0 Å². The number of ether oxygens (including phenoxy) is 3. The number of thiazole rings is 1. The van der Waals surface area contributed by atoms with Gasteiger partial charge < -0.3 is 24.1 Å². The molecule has 230 valence electrons. The molecule has 1 unspecified atom stereocenters. The number of nitrogens with zero attached hydrogens (tertiary/aromatic N) is 2. The van der Waals surface area contributed by atoms with Crippen LogP contribution in [-0.4, -0.2) is 66.1 Å². The van der Waals surface area contributed by atoms with Gasteiger partial charge in [0.25, 0.3) is 5.91 Å². The molecule has 0 saturated heterocycles. The van der Waals surface area contributed by atoms with Crippen molar-refractivity contribution in [3.63, 3.8) is 0 Å². The van der Waals surface area contributed by atoms with Crippen molar-refractivity contribution in [2.75, 3.05) is 37.1 Å². The van der Waals surface area contributed by atoms with E-state index >= 15 is 0 Å². The quantitative estimate of drug-likeness (QED) is 0.239. The zero-order valence-corrected chi connectivity index (χ0v) is 26.8. The molecule has 0 saturated carbocycles. The van der Waals surface area contributed by atoms with Crippen LogP contribution in [0.1, 0.15) is 58.3 Å². The summed E-state index contributed by atoms with van der Waals surface area (Å²) in [5.41, 5.74) is 2.32. The lowest BCUT2D eigenvalue weighted by Gasteiger charge is -2.18. The largest absolute Gasteiger partial charge is 0.465 e. The number of hydrogen-bond acceptors (Lipinski definition) is 11. The Hall–Kier alpha value is -3.49. The van der Waals surface area contributed by atoms with E-state index in [-0.39, 0.29) is 42.0 Å². The lowest BCUT2D eigenvalue weighted by atomic mass is 9.88. The summed E-state index contributed by atoms with van der Waals surface area (Å²) in [4.78, 5) is 68.2. The summed E-state index contributed by atoms with van der Waals surface area (Å²) in [6.07, 6.45) is 2.58. The molecule has 2 amide bonds. The molecule has 1 N–H and O–H groups in total. The summed E-state index contributed by atoms with van der Waals surface area (Å²) in [6.45, 7) is 5.85. The molecule has 0 fully saturated rings. The van der Waals surface area contributed by atoms with Crippen molar-refractivity contribution >= 4 is 79.4 Å². The van der Waals surface area contributed by atoms with Gasteiger partial charge in [-0.15, -0.1) is 23.1 Å². The Balaban J connectivity index is 1.47. The lowest BCUT2D eigenvalue weighted by molar-refractivity contribution is -0.143. The maximum absolute atomic E-state index is 12.8. The topological polar surface area (TPSA) is 142 Å². The van der Waals surface area contributed by atoms with E-state index in [1.807, 2.05) is 0 Å². The fourth-order valence-electron chi connectivity index (χ4n) is 4.68. The van der Waals surface area contributed by atoms with E-state index in [2.05, 4.69) is 17.2 Å². The molecule has 3 aromatic rings. The highest BCUT2D eigenvalue weighted by Crippen LogP contribution is 2.40. The molecular formula is C29H33N3O8S3. The first kappa shape index (κ1) is 32.4. The van der Waals surface area contributed by atoms with Crippen molar-refractivity contribution in [1.82, 2.24) is 4.57 Å². The Morgan fingerprint density at radius 2 is 1.84 bits per heavy atom. The molecule has 4 rings (SSSR count). The SMILES string of the molecule is CCOC(=O)Cn1c(=NC(=O)CSCC(=O)Nc2sc3c(c2C(=O)OC)CCC(C)C3)sc2cc(C(=O)OCC)ccc21. The Morgan fingerprint density at radius 3 is 2.56 bits per heavy atom. The molecule has 0 spiro atoms. The molecule has 0 bridgehead atoms. The van der Waals surface area contributed by atoms with Crippen LogP contribution in [-0.2, 0) is 48.0 Å². The van der Waals surface area contributed by atoms with Crippen molar-refractivity contribution in [3.05, 3.63) is 44.6 Å². The van der Waals surface area contributed by atoms with Crippen LogP contribution in [0.3, 0.4) is 0 Å². The predicted octanol–water partition coefficient (Wildman–Crippen LogP) is 4.21. The zero-order valence-electron chi connectivity index (χ0n) is 24.4. The van der Waals surface area contributed by atoms with Crippen molar-refractivity contribution in [1.29, 1.82) is 0 Å². The number of anilines is 1. The van der Waals surface area contributed by atoms with Gasteiger partial charge in [0.15, 0.2) is 4.80 Å². The normalized spacial score (nSPS) is 14.7. The number of nitrogens with one attached hydrogen (secondary N) is 1. The number of esters is 3. The van der Waals surface area contributed by atoms with Gasteiger partial charge in [-0.3, -0.25) is 14.4 Å². The van der Waals surface area contributed by atoms with E-state index in [1.54, 1.807) is 36.6 Å². The summed E-state index contributed by atoms with van der Waals surface area (Å²) >= 11 is 3.64. The molecule has 1 aromatic carbocycles. The van der Waals surface area contributed by atoms with Crippen LogP contribution in [0.25, 0.3) is 10.2 Å². The third kappa shape index (κ3) is 7.92. The molecule has 2 heterocycles. The summed E-state index contributed by atoms with van der Waals surface area (Å²) in [6, 6.07) is 4.89. The highest BCUT2D eigenvalue weighted by molar-refractivity contribution is 8.00. The van der Waals surface area contributed by atoms with Crippen molar-refractivity contribution in [2.24, 2.45) is 10.9 Å². The molecule has 11 nitrogen and oxygen atoms in total. The van der Waals surface area contributed by atoms with Crippen LogP contribution in [0.15, 0.2) is 23.2 Å². The summed E-state index contributed by atoms with van der Waals surface area (Å²) in [5.74, 6) is -1.90. The van der Waals surface area contributed by atoms with Gasteiger partial charge in [0.1, 0.15) is 11.5 Å². The van der Waals surface area contributed by atoms with Gasteiger partial charge in [-0.05, 0) is 62.8 Å². The Bertz CT molecular complexity index is 1620. The van der Waals surface area contributed by atoms with E-state index in [0.717, 1.165) is 52.8 Å². The number of amides is 2. The minimum absolute atomic E-state index is 0.0288. The first-order valence-corrected chi connectivity index (χ1v) is 16.6. The molecule has 0 radical (unpaired) electrons. The first-order chi connectivity index (χ1) is 20.6. The third-order valence-corrected chi connectivity index (χ3v) is 9.75. The summed E-state index contributed by atoms with van der Waals surface area (Å²) < 4.78 is 17.3. The summed E-state index contributed by atoms with van der Waals surface area (Å²) in [7, 11) is 1.32. The number of thioether (sulfide) groups is 1. The van der Waals surface area contributed by atoms with E-state index in [4.69, 9.17) is 14.2 Å². The number of carbonyl (C=O) groups excluding carboxylic acids is 5. The number of carbonyl (C=O) groups is 5. The van der Waals surface area contributed by atoms with Gasteiger partial charge in [-0.2, -0.15) is 4.99 Å². The Morgan fingerprint density at radius 1 is 1.07 bits per heavy atom. The van der Waals surface area contributed by atoms with Crippen molar-refractivity contribution in [3.8, 4) is 0 Å². The monoisotopic (exact) mass is 647 g/mol. The number of aromatic nitrogens is 1. The van der Waals surface area contributed by atoms with Gasteiger partial charge in [0.05, 0.1) is 53.2 Å². The highest BCUT2D eigenvalue weighted by Gasteiger charge is 2.29. The molecule has 1 aliphatic carbocycles. The standard InChI is InChI=1S/C29H33N3O8S3/c1-5-39-24(35)13-32-19-10-8-17(27(36)40-6-2)12-21(19)43-29(32)31-23(34)15-41-14-22(33)30-26-25(28(37)38-4)18-9-7-16(3)11-20(18)42-26/h8,10,12,16H,5-7,9,11,13-15H2,1-4H3,(H,30,33). The average molecular weight is 648 g/mol. The third-order valence-electron chi connectivity index (χ3n) is 6.62.